The molecule has 0 saturated carbocycles. The molecule has 0 saturated heterocycles. The third-order valence-corrected chi connectivity index (χ3v) is 5.16. The molecule has 0 aromatic carbocycles. The molecule has 162 valence electrons. The lowest BCUT2D eigenvalue weighted by atomic mass is 10.1. The van der Waals surface area contributed by atoms with Crippen LogP contribution in [-0.4, -0.2) is 34.9 Å². The largest absolute Gasteiger partial charge is 0.329 e. The van der Waals surface area contributed by atoms with E-state index in [0.717, 1.165) is 17.7 Å². The molecule has 8 nitrogen and oxygen atoms in total. The minimum Gasteiger partial charge on any atom is -0.329 e. The highest BCUT2D eigenvalue weighted by atomic mass is 19.1. The van der Waals surface area contributed by atoms with Crippen molar-refractivity contribution in [1.29, 1.82) is 10.8 Å². The Morgan fingerprint density at radius 2 is 1.91 bits per heavy atom. The molecule has 32 heavy (non-hydrogen) atoms. The lowest BCUT2D eigenvalue weighted by molar-refractivity contribution is 0.597. The molecule has 4 rings (SSSR count). The quantitative estimate of drug-likeness (QED) is 0.347. The number of hydrogen-bond donors (Lipinski definition) is 2. The van der Waals surface area contributed by atoms with Gasteiger partial charge in [-0.3, -0.25) is 25.4 Å². The number of halogens is 1. The van der Waals surface area contributed by atoms with Gasteiger partial charge in [0.15, 0.2) is 0 Å². The summed E-state index contributed by atoms with van der Waals surface area (Å²) in [7, 11) is 0. The van der Waals surface area contributed by atoms with Crippen LogP contribution in [0.4, 0.5) is 4.39 Å². The highest BCUT2D eigenvalue weighted by Crippen LogP contribution is 2.13. The average Bonchev–Trinajstić information content (AvgIpc) is 3.24. The summed E-state index contributed by atoms with van der Waals surface area (Å²) < 4.78 is 17.4. The monoisotopic (exact) mass is 430 g/mol. The molecule has 0 spiro atoms. The second-order valence-corrected chi connectivity index (χ2v) is 7.31. The van der Waals surface area contributed by atoms with Gasteiger partial charge in [0, 0.05) is 42.1 Å². The minimum atomic E-state index is -0.366. The van der Waals surface area contributed by atoms with Crippen molar-refractivity contribution in [2.24, 2.45) is 0 Å². The van der Waals surface area contributed by atoms with E-state index in [-0.39, 0.29) is 23.6 Å². The molecular formula is C23H23FN8. The average molecular weight is 430 g/mol. The molecule has 0 atom stereocenters. The van der Waals surface area contributed by atoms with E-state index in [1.54, 1.807) is 43.0 Å². The Kier molecular flexibility index (Phi) is 6.25. The Hall–Kier alpha value is -4.01. The molecule has 0 fully saturated rings. The van der Waals surface area contributed by atoms with Gasteiger partial charge in [0.25, 0.3) is 0 Å². The maximum atomic E-state index is 14.1. The van der Waals surface area contributed by atoms with Crippen LogP contribution in [0.5, 0.6) is 0 Å². The molecule has 0 radical (unpaired) electrons. The van der Waals surface area contributed by atoms with Crippen LogP contribution >= 0.6 is 0 Å². The summed E-state index contributed by atoms with van der Waals surface area (Å²) in [4.78, 5) is 17.1. The fourth-order valence-corrected chi connectivity index (χ4v) is 3.52. The van der Waals surface area contributed by atoms with Crippen molar-refractivity contribution in [3.05, 3.63) is 101 Å². The Morgan fingerprint density at radius 1 is 1.06 bits per heavy atom. The first-order chi connectivity index (χ1) is 15.6. The molecule has 0 aliphatic rings. The van der Waals surface area contributed by atoms with Crippen LogP contribution in [-0.2, 0) is 19.4 Å². The molecule has 2 N–H and O–H groups in total. The fourth-order valence-electron chi connectivity index (χ4n) is 3.52. The van der Waals surface area contributed by atoms with Crippen molar-refractivity contribution in [2.45, 2.75) is 32.7 Å². The minimum absolute atomic E-state index is 0.147. The van der Waals surface area contributed by atoms with Crippen molar-refractivity contribution >= 4 is 5.84 Å². The predicted octanol–water partition coefficient (Wildman–Crippen LogP) is 2.95. The first-order valence-electron chi connectivity index (χ1n) is 10.3. The normalized spacial score (nSPS) is 10.9. The molecule has 9 heteroatoms. The Labute approximate surface area is 184 Å². The molecule has 0 unspecified atom stereocenters. The zero-order valence-electron chi connectivity index (χ0n) is 17.7. The predicted molar refractivity (Wildman–Crippen MR) is 117 cm³/mol. The maximum absolute atomic E-state index is 14.1. The summed E-state index contributed by atoms with van der Waals surface area (Å²) in [6.07, 6.45) is 11.5. The number of nitrogens with zero attached hydrogens (tertiary/aromatic N) is 6. The second kappa shape index (κ2) is 9.42. The number of pyridine rings is 2. The van der Waals surface area contributed by atoms with Gasteiger partial charge in [-0.1, -0.05) is 13.3 Å². The van der Waals surface area contributed by atoms with Gasteiger partial charge >= 0.3 is 0 Å². The number of hydrogen-bond acceptors (Lipinski definition) is 6. The number of rotatable bonds is 7. The van der Waals surface area contributed by atoms with Crippen LogP contribution in [0, 0.1) is 16.6 Å². The van der Waals surface area contributed by atoms with E-state index >= 15 is 0 Å². The van der Waals surface area contributed by atoms with Crippen LogP contribution in [0.3, 0.4) is 0 Å². The van der Waals surface area contributed by atoms with Crippen molar-refractivity contribution in [3.63, 3.8) is 0 Å². The molecule has 0 aliphatic heterocycles. The van der Waals surface area contributed by atoms with Crippen LogP contribution in [0.25, 0.3) is 0 Å². The van der Waals surface area contributed by atoms with E-state index in [4.69, 9.17) is 10.8 Å². The van der Waals surface area contributed by atoms with E-state index in [2.05, 4.69) is 19.9 Å². The van der Waals surface area contributed by atoms with E-state index in [9.17, 15) is 4.39 Å². The zero-order valence-corrected chi connectivity index (χ0v) is 17.7. The fraction of sp³-hybridized carbons (Fsp3) is 0.217. The van der Waals surface area contributed by atoms with E-state index in [0.29, 0.717) is 30.0 Å². The van der Waals surface area contributed by atoms with Gasteiger partial charge in [0.1, 0.15) is 29.3 Å². The van der Waals surface area contributed by atoms with Crippen molar-refractivity contribution in [3.8, 4) is 0 Å². The summed E-state index contributed by atoms with van der Waals surface area (Å²) in [5.74, 6) is 0.446. The third-order valence-electron chi connectivity index (χ3n) is 5.16. The van der Waals surface area contributed by atoms with E-state index in [1.165, 1.54) is 17.0 Å². The van der Waals surface area contributed by atoms with Gasteiger partial charge in [-0.25, -0.2) is 14.4 Å². The first kappa shape index (κ1) is 21.2. The van der Waals surface area contributed by atoms with E-state index < -0.39 is 0 Å². The lowest BCUT2D eigenvalue weighted by Gasteiger charge is -2.15. The number of imidazole rings is 1. The molecule has 0 amide bonds. The summed E-state index contributed by atoms with van der Waals surface area (Å²) >= 11 is 0. The summed E-state index contributed by atoms with van der Waals surface area (Å²) in [5, 5.41) is 17.2. The lowest BCUT2D eigenvalue weighted by Crippen LogP contribution is -2.32. The van der Waals surface area contributed by atoms with Crippen LogP contribution in [0.1, 0.15) is 41.7 Å². The van der Waals surface area contributed by atoms with Crippen LogP contribution in [0.2, 0.25) is 0 Å². The van der Waals surface area contributed by atoms with Gasteiger partial charge in [-0.15, -0.1) is 0 Å². The molecule has 4 heterocycles. The zero-order chi connectivity index (χ0) is 22.5. The molecule has 4 aromatic heterocycles. The highest BCUT2D eigenvalue weighted by molar-refractivity contribution is 5.97. The maximum Gasteiger partial charge on any atom is 0.145 e. The second-order valence-electron chi connectivity index (χ2n) is 7.31. The van der Waals surface area contributed by atoms with E-state index in [1.807, 2.05) is 17.7 Å². The van der Waals surface area contributed by atoms with Crippen LogP contribution < -0.4 is 5.49 Å². The van der Waals surface area contributed by atoms with Gasteiger partial charge in [0.05, 0.1) is 24.4 Å². The number of nitrogens with one attached hydrogen (secondary N) is 2. The van der Waals surface area contributed by atoms with Gasteiger partial charge < -0.3 is 4.57 Å². The Morgan fingerprint density at radius 3 is 2.66 bits per heavy atom. The van der Waals surface area contributed by atoms with Gasteiger partial charge in [-0.2, -0.15) is 0 Å². The Bertz CT molecular complexity index is 1290. The molecule has 0 aliphatic carbocycles. The number of aromatic nitrogens is 6. The summed E-state index contributed by atoms with van der Waals surface area (Å²) in [5.41, 5.74) is 2.67. The smallest absolute Gasteiger partial charge is 0.145 e. The Balaban J connectivity index is 1.66. The summed E-state index contributed by atoms with van der Waals surface area (Å²) in [6, 6.07) is 6.48. The third kappa shape index (κ3) is 4.36. The molecule has 0 bridgehead atoms. The highest BCUT2D eigenvalue weighted by Gasteiger charge is 2.15. The standard InChI is InChI=1S/C23H23FN8/c1-2-5-17-20(30-15-32(23(17)26)22(25)16-6-3-8-27-13-16)14-31-11-10-29-21(31)12-19-18(24)7-4-9-28-19/h3-4,6-11,13,15,25-26H,2,5,12,14H2,1H3. The molecule has 4 aromatic rings. The molecular weight excluding hydrogens is 407 g/mol. The summed E-state index contributed by atoms with van der Waals surface area (Å²) in [6.45, 7) is 2.44. The topological polar surface area (TPSA) is 109 Å². The van der Waals surface area contributed by atoms with Crippen molar-refractivity contribution in [1.82, 2.24) is 29.1 Å². The van der Waals surface area contributed by atoms with Crippen molar-refractivity contribution in [2.75, 3.05) is 0 Å². The van der Waals surface area contributed by atoms with Crippen LogP contribution in [0.15, 0.2) is 61.6 Å². The van der Waals surface area contributed by atoms with Gasteiger partial charge in [-0.05, 0) is 30.7 Å². The first-order valence-corrected chi connectivity index (χ1v) is 10.3. The SMILES string of the molecule is CCCc1c(Cn2ccnc2Cc2ncccc2F)ncn(C(=N)c2cccnc2)c1=N. The van der Waals surface area contributed by atoms with Crippen molar-refractivity contribution < 1.29 is 4.39 Å². The van der Waals surface area contributed by atoms with Gasteiger partial charge in [0.2, 0.25) is 0 Å².